The number of amides is 1. The number of rotatable bonds is 3. The third kappa shape index (κ3) is 2.60. The number of nitrogens with zero attached hydrogens (tertiary/aromatic N) is 3. The van der Waals surface area contributed by atoms with Gasteiger partial charge in [0.1, 0.15) is 9.71 Å². The molecule has 6 heteroatoms. The van der Waals surface area contributed by atoms with Crippen LogP contribution in [0, 0.1) is 0 Å². The van der Waals surface area contributed by atoms with Crippen molar-refractivity contribution in [1.29, 1.82) is 0 Å². The molecule has 0 spiro atoms. The van der Waals surface area contributed by atoms with Crippen LogP contribution in [0.25, 0.3) is 10.2 Å². The fraction of sp³-hybridized carbons (Fsp3) is 0.533. The van der Waals surface area contributed by atoms with E-state index in [-0.39, 0.29) is 5.91 Å². The highest BCUT2D eigenvalue weighted by molar-refractivity contribution is 7.21. The van der Waals surface area contributed by atoms with Crippen molar-refractivity contribution < 1.29 is 4.79 Å². The van der Waals surface area contributed by atoms with Crippen LogP contribution in [0.1, 0.15) is 48.7 Å². The van der Waals surface area contributed by atoms with Crippen molar-refractivity contribution in [3.8, 4) is 0 Å². The SMILES string of the molecule is CCN(C(=O)c1sc2nnccc2c1N)C1CCCCC1. The molecule has 1 saturated carbocycles. The highest BCUT2D eigenvalue weighted by Gasteiger charge is 2.28. The summed E-state index contributed by atoms with van der Waals surface area (Å²) in [5.41, 5.74) is 6.70. The van der Waals surface area contributed by atoms with Crippen molar-refractivity contribution in [3.05, 3.63) is 17.1 Å². The number of carbonyl (C=O) groups excluding carboxylic acids is 1. The first-order valence-corrected chi connectivity index (χ1v) is 8.34. The molecule has 0 aliphatic heterocycles. The molecule has 0 bridgehead atoms. The molecule has 2 N–H and O–H groups in total. The first kappa shape index (κ1) is 14.3. The topological polar surface area (TPSA) is 72.1 Å². The lowest BCUT2D eigenvalue weighted by atomic mass is 9.94. The van der Waals surface area contributed by atoms with E-state index in [4.69, 9.17) is 5.73 Å². The number of aromatic nitrogens is 2. The first-order valence-electron chi connectivity index (χ1n) is 7.53. The standard InChI is InChI=1S/C15H20N4OS/c1-2-19(10-6-4-3-5-7-10)15(20)13-12(16)11-8-9-17-18-14(11)21-13/h8-10H,2-7,16H2,1H3. The van der Waals surface area contributed by atoms with Gasteiger partial charge >= 0.3 is 0 Å². The zero-order chi connectivity index (χ0) is 14.8. The average molecular weight is 304 g/mol. The molecule has 1 amide bonds. The van der Waals surface area contributed by atoms with Gasteiger partial charge in [0.2, 0.25) is 0 Å². The van der Waals surface area contributed by atoms with Crippen molar-refractivity contribution in [3.63, 3.8) is 0 Å². The molecule has 21 heavy (non-hydrogen) atoms. The number of nitrogen functional groups attached to an aromatic ring is 1. The predicted molar refractivity (Wildman–Crippen MR) is 85.4 cm³/mol. The van der Waals surface area contributed by atoms with Gasteiger partial charge in [-0.15, -0.1) is 16.4 Å². The molecule has 5 nitrogen and oxygen atoms in total. The molecule has 2 aromatic heterocycles. The zero-order valence-electron chi connectivity index (χ0n) is 12.2. The van der Waals surface area contributed by atoms with Gasteiger partial charge in [-0.05, 0) is 25.8 Å². The normalized spacial score (nSPS) is 16.2. The Morgan fingerprint density at radius 1 is 1.43 bits per heavy atom. The van der Waals surface area contributed by atoms with Gasteiger partial charge in [0, 0.05) is 18.0 Å². The molecule has 0 atom stereocenters. The predicted octanol–water partition coefficient (Wildman–Crippen LogP) is 3.07. The second-order valence-corrected chi connectivity index (χ2v) is 6.48. The van der Waals surface area contributed by atoms with E-state index < -0.39 is 0 Å². The van der Waals surface area contributed by atoms with Gasteiger partial charge in [-0.1, -0.05) is 19.3 Å². The number of nitrogens with two attached hydrogens (primary N) is 1. The van der Waals surface area contributed by atoms with E-state index in [1.165, 1.54) is 30.6 Å². The third-order valence-corrected chi connectivity index (χ3v) is 5.33. The van der Waals surface area contributed by atoms with Crippen molar-refractivity contribution in [1.82, 2.24) is 15.1 Å². The van der Waals surface area contributed by atoms with Crippen LogP contribution < -0.4 is 5.73 Å². The molecule has 2 heterocycles. The Labute approximate surface area is 128 Å². The van der Waals surface area contributed by atoms with E-state index in [1.807, 2.05) is 17.9 Å². The van der Waals surface area contributed by atoms with Gasteiger partial charge in [-0.3, -0.25) is 4.79 Å². The van der Waals surface area contributed by atoms with Crippen LogP contribution in [0.3, 0.4) is 0 Å². The lowest BCUT2D eigenvalue weighted by Crippen LogP contribution is -2.41. The van der Waals surface area contributed by atoms with Gasteiger partial charge in [-0.2, -0.15) is 5.10 Å². The molecular formula is C15H20N4OS. The zero-order valence-corrected chi connectivity index (χ0v) is 13.0. The quantitative estimate of drug-likeness (QED) is 0.946. The Morgan fingerprint density at radius 2 is 2.19 bits per heavy atom. The summed E-state index contributed by atoms with van der Waals surface area (Å²) in [6.07, 6.45) is 7.51. The number of carbonyl (C=O) groups is 1. The first-order chi connectivity index (χ1) is 10.2. The van der Waals surface area contributed by atoms with Crippen LogP contribution in [-0.2, 0) is 0 Å². The number of hydrogen-bond acceptors (Lipinski definition) is 5. The van der Waals surface area contributed by atoms with Gasteiger partial charge in [0.05, 0.1) is 11.9 Å². The van der Waals surface area contributed by atoms with Gasteiger partial charge in [-0.25, -0.2) is 0 Å². The summed E-state index contributed by atoms with van der Waals surface area (Å²) in [7, 11) is 0. The number of hydrogen-bond donors (Lipinski definition) is 1. The maximum absolute atomic E-state index is 12.9. The fourth-order valence-electron chi connectivity index (χ4n) is 3.12. The molecule has 0 unspecified atom stereocenters. The number of fused-ring (bicyclic) bond motifs is 1. The maximum Gasteiger partial charge on any atom is 0.266 e. The largest absolute Gasteiger partial charge is 0.397 e. The number of anilines is 1. The van der Waals surface area contributed by atoms with Gasteiger partial charge < -0.3 is 10.6 Å². The van der Waals surface area contributed by atoms with Crippen molar-refractivity contribution in [2.45, 2.75) is 45.1 Å². The fourth-order valence-corrected chi connectivity index (χ4v) is 4.12. The highest BCUT2D eigenvalue weighted by Crippen LogP contribution is 2.34. The molecule has 0 aromatic carbocycles. The summed E-state index contributed by atoms with van der Waals surface area (Å²) in [4.78, 5) is 16.2. The van der Waals surface area contributed by atoms with Crippen molar-refractivity contribution >= 4 is 33.1 Å². The van der Waals surface area contributed by atoms with E-state index >= 15 is 0 Å². The minimum Gasteiger partial charge on any atom is -0.397 e. The minimum atomic E-state index is 0.0462. The summed E-state index contributed by atoms with van der Waals surface area (Å²) in [6.45, 7) is 2.76. The van der Waals surface area contributed by atoms with Crippen molar-refractivity contribution in [2.24, 2.45) is 0 Å². The van der Waals surface area contributed by atoms with E-state index in [1.54, 1.807) is 6.20 Å². The smallest absolute Gasteiger partial charge is 0.266 e. The summed E-state index contributed by atoms with van der Waals surface area (Å²) < 4.78 is 0. The monoisotopic (exact) mass is 304 g/mol. The Kier molecular flexibility index (Phi) is 4.05. The Balaban J connectivity index is 1.92. The molecule has 1 aliphatic carbocycles. The Hall–Kier alpha value is -1.69. The van der Waals surface area contributed by atoms with Crippen LogP contribution in [0.5, 0.6) is 0 Å². The van der Waals surface area contributed by atoms with Gasteiger partial charge in [0.25, 0.3) is 5.91 Å². The van der Waals surface area contributed by atoms with Crippen LogP contribution >= 0.6 is 11.3 Å². The number of thiophene rings is 1. The lowest BCUT2D eigenvalue weighted by molar-refractivity contribution is 0.0654. The second-order valence-electron chi connectivity index (χ2n) is 5.48. The molecule has 3 rings (SSSR count). The molecule has 2 aromatic rings. The molecular weight excluding hydrogens is 284 g/mol. The molecule has 1 fully saturated rings. The summed E-state index contributed by atoms with van der Waals surface area (Å²) in [5, 5.41) is 8.75. The van der Waals surface area contributed by atoms with E-state index in [2.05, 4.69) is 10.2 Å². The minimum absolute atomic E-state index is 0.0462. The molecule has 0 saturated heterocycles. The second kappa shape index (κ2) is 5.97. The molecule has 1 aliphatic rings. The third-order valence-electron chi connectivity index (χ3n) is 4.23. The van der Waals surface area contributed by atoms with Gasteiger partial charge in [0.15, 0.2) is 0 Å². The molecule has 112 valence electrons. The van der Waals surface area contributed by atoms with Crippen LogP contribution in [0.2, 0.25) is 0 Å². The summed E-state index contributed by atoms with van der Waals surface area (Å²) in [5.74, 6) is 0.0462. The highest BCUT2D eigenvalue weighted by atomic mass is 32.1. The van der Waals surface area contributed by atoms with Crippen LogP contribution in [-0.4, -0.2) is 33.6 Å². The van der Waals surface area contributed by atoms with Crippen LogP contribution in [0.4, 0.5) is 5.69 Å². The Morgan fingerprint density at radius 3 is 2.86 bits per heavy atom. The van der Waals surface area contributed by atoms with Crippen molar-refractivity contribution in [2.75, 3.05) is 12.3 Å². The Bertz CT molecular complexity index is 648. The summed E-state index contributed by atoms with van der Waals surface area (Å²) in [6, 6.07) is 2.17. The molecule has 0 radical (unpaired) electrons. The van der Waals surface area contributed by atoms with Crippen LogP contribution in [0.15, 0.2) is 12.3 Å². The van der Waals surface area contributed by atoms with E-state index in [9.17, 15) is 4.79 Å². The summed E-state index contributed by atoms with van der Waals surface area (Å²) >= 11 is 1.35. The maximum atomic E-state index is 12.9. The lowest BCUT2D eigenvalue weighted by Gasteiger charge is -2.33. The van der Waals surface area contributed by atoms with E-state index in [0.717, 1.165) is 29.6 Å². The van der Waals surface area contributed by atoms with E-state index in [0.29, 0.717) is 16.6 Å². The average Bonchev–Trinajstić information content (AvgIpc) is 2.87.